The Balaban J connectivity index is 1.22. The number of furan rings is 2. The normalized spacial score (nSPS) is 14.3. The molecule has 0 spiro atoms. The first-order valence-electron chi connectivity index (χ1n) is 17.8. The Bertz CT molecular complexity index is 2860. The molecule has 0 unspecified atom stereocenters. The van der Waals surface area contributed by atoms with Crippen LogP contribution in [0.2, 0.25) is 0 Å². The van der Waals surface area contributed by atoms with Crippen molar-refractivity contribution in [1.29, 1.82) is 0 Å². The Morgan fingerprint density at radius 1 is 0.480 bits per heavy atom. The molecule has 1 aliphatic carbocycles. The standard InChI is InChI=1S/C46H32N2O2/c1-2-12-27(13-3-1)28-22-29(39-26-47-43-35-18-6-4-14-31(35)32-15-5-7-19-36(32)44(43)48-39)24-30(23-28)42-45-37(33-16-8-10-20-40(33)49-45)25-38-34-17-9-11-21-41(34)50-46(38)42/h4-11,14-27H,1-3,12-13H2. The van der Waals surface area contributed by atoms with Gasteiger partial charge in [-0.15, -0.1) is 0 Å². The number of benzene rings is 7. The summed E-state index contributed by atoms with van der Waals surface area (Å²) in [6.07, 6.45) is 8.16. The number of nitrogens with zero attached hydrogens (tertiary/aromatic N) is 2. The van der Waals surface area contributed by atoms with E-state index in [0.29, 0.717) is 5.92 Å². The topological polar surface area (TPSA) is 52.1 Å². The first-order chi connectivity index (χ1) is 24.8. The third-order valence-electron chi connectivity index (χ3n) is 11.1. The van der Waals surface area contributed by atoms with Gasteiger partial charge in [-0.25, -0.2) is 4.98 Å². The Hall–Kier alpha value is -6.00. The van der Waals surface area contributed by atoms with Crippen LogP contribution in [-0.2, 0) is 0 Å². The van der Waals surface area contributed by atoms with Crippen molar-refractivity contribution >= 4 is 76.5 Å². The number of hydrogen-bond donors (Lipinski definition) is 0. The van der Waals surface area contributed by atoms with Gasteiger partial charge in [0.2, 0.25) is 0 Å². The molecule has 10 aromatic rings. The molecule has 50 heavy (non-hydrogen) atoms. The lowest BCUT2D eigenvalue weighted by molar-refractivity contribution is 0.444. The van der Waals surface area contributed by atoms with Gasteiger partial charge in [-0.3, -0.25) is 4.98 Å². The minimum Gasteiger partial charge on any atom is -0.455 e. The van der Waals surface area contributed by atoms with E-state index in [9.17, 15) is 0 Å². The lowest BCUT2D eigenvalue weighted by Gasteiger charge is -2.23. The lowest BCUT2D eigenvalue weighted by Crippen LogP contribution is -2.05. The average molecular weight is 645 g/mol. The first kappa shape index (κ1) is 27.9. The molecule has 4 nitrogen and oxygen atoms in total. The number of para-hydroxylation sites is 2. The first-order valence-corrected chi connectivity index (χ1v) is 17.8. The summed E-state index contributed by atoms with van der Waals surface area (Å²) in [5.74, 6) is 0.488. The molecule has 238 valence electrons. The van der Waals surface area contributed by atoms with Crippen LogP contribution in [0.15, 0.2) is 136 Å². The van der Waals surface area contributed by atoms with Crippen LogP contribution in [0.5, 0.6) is 0 Å². The summed E-state index contributed by atoms with van der Waals surface area (Å²) < 4.78 is 13.5. The maximum absolute atomic E-state index is 6.73. The molecule has 0 saturated heterocycles. The minimum atomic E-state index is 0.488. The monoisotopic (exact) mass is 644 g/mol. The van der Waals surface area contributed by atoms with Crippen molar-refractivity contribution < 1.29 is 8.83 Å². The maximum atomic E-state index is 6.73. The van der Waals surface area contributed by atoms with Gasteiger partial charge in [0.1, 0.15) is 22.3 Å². The quantitative estimate of drug-likeness (QED) is 0.180. The van der Waals surface area contributed by atoms with Crippen molar-refractivity contribution in [2.24, 2.45) is 0 Å². The minimum absolute atomic E-state index is 0.488. The van der Waals surface area contributed by atoms with Crippen molar-refractivity contribution in [3.8, 4) is 22.4 Å². The fourth-order valence-electron chi connectivity index (χ4n) is 8.68. The second-order valence-corrected chi connectivity index (χ2v) is 13.9. The van der Waals surface area contributed by atoms with Gasteiger partial charge in [0.15, 0.2) is 0 Å². The van der Waals surface area contributed by atoms with Crippen LogP contribution in [0.3, 0.4) is 0 Å². The molecule has 0 N–H and O–H groups in total. The number of fused-ring (bicyclic) bond motifs is 12. The van der Waals surface area contributed by atoms with Gasteiger partial charge in [0.05, 0.1) is 28.5 Å². The zero-order chi connectivity index (χ0) is 32.8. The van der Waals surface area contributed by atoms with E-state index in [1.165, 1.54) is 48.4 Å². The van der Waals surface area contributed by atoms with Gasteiger partial charge in [0, 0.05) is 37.9 Å². The third kappa shape index (κ3) is 4.11. The molecule has 0 bridgehead atoms. The molecule has 4 heteroatoms. The molecule has 3 heterocycles. The fraction of sp³-hybridized carbons (Fsp3) is 0.130. The predicted octanol–water partition coefficient (Wildman–Crippen LogP) is 13.1. The molecule has 7 aromatic carbocycles. The zero-order valence-corrected chi connectivity index (χ0v) is 27.4. The summed E-state index contributed by atoms with van der Waals surface area (Å²) in [4.78, 5) is 10.6. The second-order valence-electron chi connectivity index (χ2n) is 13.9. The molecule has 0 amide bonds. The largest absolute Gasteiger partial charge is 0.455 e. The summed E-state index contributed by atoms with van der Waals surface area (Å²) in [7, 11) is 0. The van der Waals surface area contributed by atoms with Crippen LogP contribution in [-0.4, -0.2) is 9.97 Å². The fourth-order valence-corrected chi connectivity index (χ4v) is 8.68. The molecule has 1 fully saturated rings. The molecule has 1 saturated carbocycles. The van der Waals surface area contributed by atoms with Gasteiger partial charge in [-0.05, 0) is 71.0 Å². The summed E-state index contributed by atoms with van der Waals surface area (Å²) in [6, 6.07) is 43.1. The Kier molecular flexibility index (Phi) is 6.00. The summed E-state index contributed by atoms with van der Waals surface area (Å²) >= 11 is 0. The molecule has 1 aliphatic rings. The highest BCUT2D eigenvalue weighted by atomic mass is 16.3. The molecule has 11 rings (SSSR count). The summed E-state index contributed by atoms with van der Waals surface area (Å²) in [5, 5.41) is 9.07. The van der Waals surface area contributed by atoms with Crippen molar-refractivity contribution in [2.45, 2.75) is 38.0 Å². The van der Waals surface area contributed by atoms with Crippen LogP contribution < -0.4 is 0 Å². The molecule has 0 radical (unpaired) electrons. The third-order valence-corrected chi connectivity index (χ3v) is 11.1. The van der Waals surface area contributed by atoms with Gasteiger partial charge in [-0.2, -0.15) is 0 Å². The van der Waals surface area contributed by atoms with Gasteiger partial charge in [0.25, 0.3) is 0 Å². The van der Waals surface area contributed by atoms with Gasteiger partial charge >= 0.3 is 0 Å². The highest BCUT2D eigenvalue weighted by Gasteiger charge is 2.24. The van der Waals surface area contributed by atoms with E-state index in [1.807, 2.05) is 18.3 Å². The van der Waals surface area contributed by atoms with E-state index in [2.05, 4.69) is 109 Å². The Labute approximate surface area is 288 Å². The SMILES string of the molecule is c1ccc2c(c1)oc1c(-c3cc(-c4cnc5c6ccccc6c6ccccc6c5n4)cc(C4CCCCC4)c3)c3oc4ccccc4c3cc12. The van der Waals surface area contributed by atoms with Crippen LogP contribution in [0.4, 0.5) is 0 Å². The van der Waals surface area contributed by atoms with Crippen LogP contribution in [0, 0.1) is 0 Å². The summed E-state index contributed by atoms with van der Waals surface area (Å²) in [5.41, 5.74) is 10.7. The van der Waals surface area contributed by atoms with Crippen molar-refractivity contribution in [3.05, 3.63) is 133 Å². The van der Waals surface area contributed by atoms with E-state index >= 15 is 0 Å². The Morgan fingerprint density at radius 3 is 1.66 bits per heavy atom. The van der Waals surface area contributed by atoms with E-state index in [-0.39, 0.29) is 0 Å². The van der Waals surface area contributed by atoms with Crippen LogP contribution in [0.1, 0.15) is 43.6 Å². The highest BCUT2D eigenvalue weighted by molar-refractivity contribution is 6.24. The molecule has 0 aliphatic heterocycles. The number of rotatable bonds is 3. The number of hydrogen-bond acceptors (Lipinski definition) is 4. The van der Waals surface area contributed by atoms with E-state index in [4.69, 9.17) is 18.8 Å². The Morgan fingerprint density at radius 2 is 1.02 bits per heavy atom. The van der Waals surface area contributed by atoms with Crippen LogP contribution in [0.25, 0.3) is 98.8 Å². The van der Waals surface area contributed by atoms with Crippen molar-refractivity contribution in [3.63, 3.8) is 0 Å². The number of aromatic nitrogens is 2. The van der Waals surface area contributed by atoms with E-state index < -0.39 is 0 Å². The van der Waals surface area contributed by atoms with E-state index in [0.717, 1.165) is 88.1 Å². The second kappa shape index (κ2) is 10.8. The smallest absolute Gasteiger partial charge is 0.147 e. The zero-order valence-electron chi connectivity index (χ0n) is 27.4. The molecule has 3 aromatic heterocycles. The van der Waals surface area contributed by atoms with Crippen molar-refractivity contribution in [2.75, 3.05) is 0 Å². The predicted molar refractivity (Wildman–Crippen MR) is 206 cm³/mol. The van der Waals surface area contributed by atoms with Gasteiger partial charge in [-0.1, -0.05) is 110 Å². The average Bonchev–Trinajstić information content (AvgIpc) is 3.75. The molecule has 0 atom stereocenters. The maximum Gasteiger partial charge on any atom is 0.147 e. The molecular weight excluding hydrogens is 613 g/mol. The highest BCUT2D eigenvalue weighted by Crippen LogP contribution is 2.46. The van der Waals surface area contributed by atoms with Crippen LogP contribution >= 0.6 is 0 Å². The van der Waals surface area contributed by atoms with Crippen molar-refractivity contribution in [1.82, 2.24) is 9.97 Å². The van der Waals surface area contributed by atoms with Gasteiger partial charge < -0.3 is 8.83 Å². The molecular formula is C46H32N2O2. The summed E-state index contributed by atoms with van der Waals surface area (Å²) in [6.45, 7) is 0. The van der Waals surface area contributed by atoms with E-state index in [1.54, 1.807) is 0 Å². The lowest BCUT2D eigenvalue weighted by atomic mass is 9.82.